The second kappa shape index (κ2) is 4.58. The van der Waals surface area contributed by atoms with Crippen LogP contribution >= 0.6 is 15.9 Å². The number of ketones is 1. The Bertz CT molecular complexity index is 520. The summed E-state index contributed by atoms with van der Waals surface area (Å²) in [7, 11) is 0. The van der Waals surface area contributed by atoms with E-state index in [2.05, 4.69) is 20.9 Å². The van der Waals surface area contributed by atoms with Gasteiger partial charge in [0.15, 0.2) is 5.78 Å². The van der Waals surface area contributed by atoms with Crippen LogP contribution in [0, 0.1) is 0 Å². The van der Waals surface area contributed by atoms with E-state index in [-0.39, 0.29) is 5.78 Å². The molecule has 0 unspecified atom stereocenters. The van der Waals surface area contributed by atoms with E-state index in [0.717, 1.165) is 21.3 Å². The molecule has 0 fully saturated rings. The second-order valence-electron chi connectivity index (χ2n) is 3.49. The molecular formula is C13H10BrNO. The minimum atomic E-state index is 0.0775. The Balaban J connectivity index is 2.38. The zero-order chi connectivity index (χ0) is 11.5. The van der Waals surface area contributed by atoms with Crippen molar-refractivity contribution in [3.63, 3.8) is 0 Å². The van der Waals surface area contributed by atoms with Gasteiger partial charge in [-0.3, -0.25) is 9.78 Å². The lowest BCUT2D eigenvalue weighted by Gasteiger charge is -2.02. The summed E-state index contributed by atoms with van der Waals surface area (Å²) in [5.41, 5.74) is 2.62. The zero-order valence-corrected chi connectivity index (χ0v) is 10.4. The van der Waals surface area contributed by atoms with Gasteiger partial charge in [-0.15, -0.1) is 0 Å². The molecule has 0 aliphatic rings. The molecule has 0 aliphatic carbocycles. The summed E-state index contributed by atoms with van der Waals surface area (Å²) in [6.45, 7) is 1.56. The van der Waals surface area contributed by atoms with Crippen molar-refractivity contribution in [2.75, 3.05) is 0 Å². The zero-order valence-electron chi connectivity index (χ0n) is 8.77. The molecule has 1 aromatic heterocycles. The van der Waals surface area contributed by atoms with Crippen LogP contribution in [0.25, 0.3) is 11.3 Å². The number of Topliss-reactive ketones (excluding diaryl/α,β-unsaturated/α-hetero) is 1. The van der Waals surface area contributed by atoms with Gasteiger partial charge >= 0.3 is 0 Å². The van der Waals surface area contributed by atoms with E-state index in [0.29, 0.717) is 0 Å². The molecule has 16 heavy (non-hydrogen) atoms. The van der Waals surface area contributed by atoms with Crippen molar-refractivity contribution in [3.05, 3.63) is 52.6 Å². The molecule has 0 saturated carbocycles. The molecule has 0 bridgehead atoms. The Hall–Kier alpha value is -1.48. The van der Waals surface area contributed by atoms with Gasteiger partial charge in [-0.05, 0) is 19.1 Å². The third-order valence-electron chi connectivity index (χ3n) is 2.31. The van der Waals surface area contributed by atoms with Crippen LogP contribution in [-0.2, 0) is 0 Å². The SMILES string of the molecule is CC(=O)c1ccc(-c2cc(Br)ccn2)cc1. The monoisotopic (exact) mass is 275 g/mol. The highest BCUT2D eigenvalue weighted by molar-refractivity contribution is 9.10. The lowest BCUT2D eigenvalue weighted by atomic mass is 10.1. The van der Waals surface area contributed by atoms with Crippen LogP contribution in [0.4, 0.5) is 0 Å². The van der Waals surface area contributed by atoms with Gasteiger partial charge in [0.2, 0.25) is 0 Å². The maximum absolute atomic E-state index is 11.1. The van der Waals surface area contributed by atoms with Gasteiger partial charge in [-0.25, -0.2) is 0 Å². The predicted molar refractivity (Wildman–Crippen MR) is 67.4 cm³/mol. The van der Waals surface area contributed by atoms with Crippen molar-refractivity contribution < 1.29 is 4.79 Å². The van der Waals surface area contributed by atoms with Gasteiger partial charge in [0.25, 0.3) is 0 Å². The summed E-state index contributed by atoms with van der Waals surface area (Å²) in [4.78, 5) is 15.4. The van der Waals surface area contributed by atoms with Crippen molar-refractivity contribution in [2.24, 2.45) is 0 Å². The van der Waals surface area contributed by atoms with Gasteiger partial charge in [0.1, 0.15) is 0 Å². The first-order valence-electron chi connectivity index (χ1n) is 4.90. The van der Waals surface area contributed by atoms with Crippen LogP contribution in [0.15, 0.2) is 47.1 Å². The van der Waals surface area contributed by atoms with Crippen molar-refractivity contribution in [3.8, 4) is 11.3 Å². The maximum atomic E-state index is 11.1. The van der Waals surface area contributed by atoms with E-state index in [1.807, 2.05) is 36.4 Å². The molecule has 2 nitrogen and oxygen atoms in total. The van der Waals surface area contributed by atoms with Crippen molar-refractivity contribution in [2.45, 2.75) is 6.92 Å². The number of nitrogens with zero attached hydrogens (tertiary/aromatic N) is 1. The molecule has 2 aromatic rings. The lowest BCUT2D eigenvalue weighted by Crippen LogP contribution is -1.91. The highest BCUT2D eigenvalue weighted by atomic mass is 79.9. The molecule has 1 aromatic carbocycles. The van der Waals surface area contributed by atoms with Gasteiger partial charge in [0.05, 0.1) is 5.69 Å². The summed E-state index contributed by atoms with van der Waals surface area (Å²) >= 11 is 3.40. The topological polar surface area (TPSA) is 30.0 Å². The van der Waals surface area contributed by atoms with E-state index in [9.17, 15) is 4.79 Å². The first kappa shape index (κ1) is 11.0. The average Bonchev–Trinajstić information content (AvgIpc) is 2.29. The van der Waals surface area contributed by atoms with Crippen LogP contribution in [0.1, 0.15) is 17.3 Å². The summed E-state index contributed by atoms with van der Waals surface area (Å²) in [6.07, 6.45) is 1.75. The van der Waals surface area contributed by atoms with Crippen LogP contribution in [0.5, 0.6) is 0 Å². The first-order chi connectivity index (χ1) is 7.66. The summed E-state index contributed by atoms with van der Waals surface area (Å²) in [6, 6.07) is 11.3. The van der Waals surface area contributed by atoms with Crippen molar-refractivity contribution in [1.29, 1.82) is 0 Å². The first-order valence-corrected chi connectivity index (χ1v) is 5.69. The molecule has 3 heteroatoms. The van der Waals surface area contributed by atoms with E-state index in [1.54, 1.807) is 13.1 Å². The Morgan fingerprint density at radius 1 is 1.19 bits per heavy atom. The normalized spacial score (nSPS) is 10.1. The Morgan fingerprint density at radius 2 is 1.88 bits per heavy atom. The summed E-state index contributed by atoms with van der Waals surface area (Å²) in [5.74, 6) is 0.0775. The number of hydrogen-bond donors (Lipinski definition) is 0. The number of aromatic nitrogens is 1. The Labute approximate surface area is 102 Å². The fourth-order valence-electron chi connectivity index (χ4n) is 1.44. The molecule has 0 atom stereocenters. The third-order valence-corrected chi connectivity index (χ3v) is 2.80. The number of pyridine rings is 1. The highest BCUT2D eigenvalue weighted by Gasteiger charge is 2.02. The number of benzene rings is 1. The van der Waals surface area contributed by atoms with Gasteiger partial charge < -0.3 is 0 Å². The second-order valence-corrected chi connectivity index (χ2v) is 4.41. The van der Waals surface area contributed by atoms with Crippen LogP contribution in [0.2, 0.25) is 0 Å². The third kappa shape index (κ3) is 2.36. The lowest BCUT2D eigenvalue weighted by molar-refractivity contribution is 0.101. The quantitative estimate of drug-likeness (QED) is 0.782. The summed E-state index contributed by atoms with van der Waals surface area (Å²) < 4.78 is 0.994. The van der Waals surface area contributed by atoms with Crippen LogP contribution < -0.4 is 0 Å². The molecule has 0 amide bonds. The standard InChI is InChI=1S/C13H10BrNO/c1-9(16)10-2-4-11(5-3-10)13-8-12(14)6-7-15-13/h2-8H,1H3. The molecule has 2 rings (SSSR count). The fraction of sp³-hybridized carbons (Fsp3) is 0.0769. The van der Waals surface area contributed by atoms with Crippen molar-refractivity contribution >= 4 is 21.7 Å². The molecular weight excluding hydrogens is 266 g/mol. The molecule has 80 valence electrons. The van der Waals surface area contributed by atoms with Crippen LogP contribution in [0.3, 0.4) is 0 Å². The number of carbonyl (C=O) groups is 1. The smallest absolute Gasteiger partial charge is 0.159 e. The van der Waals surface area contributed by atoms with Gasteiger partial charge in [-0.1, -0.05) is 40.2 Å². The maximum Gasteiger partial charge on any atom is 0.159 e. The summed E-state index contributed by atoms with van der Waals surface area (Å²) in [5, 5.41) is 0. The molecule has 1 heterocycles. The van der Waals surface area contributed by atoms with E-state index in [4.69, 9.17) is 0 Å². The minimum absolute atomic E-state index is 0.0775. The number of hydrogen-bond acceptors (Lipinski definition) is 2. The Morgan fingerprint density at radius 3 is 2.44 bits per heavy atom. The van der Waals surface area contributed by atoms with Crippen LogP contribution in [-0.4, -0.2) is 10.8 Å². The minimum Gasteiger partial charge on any atom is -0.295 e. The average molecular weight is 276 g/mol. The Kier molecular flexibility index (Phi) is 3.15. The fourth-order valence-corrected chi connectivity index (χ4v) is 1.77. The molecule has 0 aliphatic heterocycles. The van der Waals surface area contributed by atoms with Gasteiger partial charge in [-0.2, -0.15) is 0 Å². The molecule has 0 radical (unpaired) electrons. The number of rotatable bonds is 2. The predicted octanol–water partition coefficient (Wildman–Crippen LogP) is 3.71. The number of halogens is 1. The molecule has 0 N–H and O–H groups in total. The highest BCUT2D eigenvalue weighted by Crippen LogP contribution is 2.20. The molecule has 0 saturated heterocycles. The van der Waals surface area contributed by atoms with E-state index >= 15 is 0 Å². The molecule has 0 spiro atoms. The van der Waals surface area contributed by atoms with E-state index in [1.165, 1.54) is 0 Å². The van der Waals surface area contributed by atoms with Gasteiger partial charge in [0, 0.05) is 21.8 Å². The van der Waals surface area contributed by atoms with Crippen molar-refractivity contribution in [1.82, 2.24) is 4.98 Å². The largest absolute Gasteiger partial charge is 0.295 e. The van der Waals surface area contributed by atoms with E-state index < -0.39 is 0 Å². The number of carbonyl (C=O) groups excluding carboxylic acids is 1.